The third kappa shape index (κ3) is 7.96. The molecule has 19 heavy (non-hydrogen) atoms. The number of hydrogen-bond acceptors (Lipinski definition) is 2. The summed E-state index contributed by atoms with van der Waals surface area (Å²) in [6, 6.07) is 7.36. The monoisotopic (exact) mass is 297 g/mol. The molecule has 0 saturated carbocycles. The number of halogens is 1. The van der Waals surface area contributed by atoms with Crippen LogP contribution in [0.25, 0.3) is 6.08 Å². The molecule has 0 spiro atoms. The van der Waals surface area contributed by atoms with Gasteiger partial charge < -0.3 is 5.32 Å². The Labute approximate surface area is 124 Å². The highest BCUT2D eigenvalue weighted by Gasteiger charge is 2.09. The molecule has 1 rings (SSSR count). The second-order valence-corrected chi connectivity index (χ2v) is 7.49. The number of benzene rings is 1. The molecule has 0 aromatic heterocycles. The minimum atomic E-state index is -0.0653. The van der Waals surface area contributed by atoms with Crippen LogP contribution in [0.1, 0.15) is 26.3 Å². The third-order valence-electron chi connectivity index (χ3n) is 2.23. The van der Waals surface area contributed by atoms with E-state index in [1.54, 1.807) is 24.3 Å². The van der Waals surface area contributed by atoms with E-state index in [1.165, 1.54) is 0 Å². The van der Waals surface area contributed by atoms with Crippen LogP contribution >= 0.6 is 23.4 Å². The molecule has 0 unspecified atom stereocenters. The van der Waals surface area contributed by atoms with Gasteiger partial charge in [0.1, 0.15) is 0 Å². The second kappa shape index (κ2) is 7.61. The Morgan fingerprint density at radius 2 is 1.95 bits per heavy atom. The minimum Gasteiger partial charge on any atom is -0.352 e. The van der Waals surface area contributed by atoms with Crippen molar-refractivity contribution in [3.63, 3.8) is 0 Å². The molecule has 1 aromatic rings. The first-order valence-electron chi connectivity index (χ1n) is 6.22. The van der Waals surface area contributed by atoms with Gasteiger partial charge in [-0.15, -0.1) is 0 Å². The smallest absolute Gasteiger partial charge is 0.244 e. The summed E-state index contributed by atoms with van der Waals surface area (Å²) in [5, 5.41) is 3.56. The number of carbonyl (C=O) groups excluding carboxylic acids is 1. The standard InChI is InChI=1S/C15H20ClNOS/c1-15(2,3)19-11-10-17-14(18)9-6-12-4-7-13(16)8-5-12/h4-9H,10-11H2,1-3H3,(H,17,18)/b9-6+. The molecule has 0 aliphatic rings. The predicted molar refractivity (Wildman–Crippen MR) is 85.7 cm³/mol. The maximum Gasteiger partial charge on any atom is 0.244 e. The maximum atomic E-state index is 11.6. The number of carbonyl (C=O) groups is 1. The van der Waals surface area contributed by atoms with Crippen LogP contribution < -0.4 is 5.32 Å². The molecule has 0 fully saturated rings. The van der Waals surface area contributed by atoms with Crippen molar-refractivity contribution in [2.75, 3.05) is 12.3 Å². The van der Waals surface area contributed by atoms with Crippen molar-refractivity contribution in [3.8, 4) is 0 Å². The van der Waals surface area contributed by atoms with Crippen molar-refractivity contribution in [1.29, 1.82) is 0 Å². The molecule has 0 radical (unpaired) electrons. The van der Waals surface area contributed by atoms with Gasteiger partial charge in [-0.3, -0.25) is 4.79 Å². The van der Waals surface area contributed by atoms with Crippen molar-refractivity contribution in [3.05, 3.63) is 40.9 Å². The third-order valence-corrected chi connectivity index (χ3v) is 3.76. The topological polar surface area (TPSA) is 29.1 Å². The van der Waals surface area contributed by atoms with E-state index < -0.39 is 0 Å². The summed E-state index contributed by atoms with van der Waals surface area (Å²) < 4.78 is 0.240. The number of hydrogen-bond donors (Lipinski definition) is 1. The van der Waals surface area contributed by atoms with Gasteiger partial charge >= 0.3 is 0 Å². The Hall–Kier alpha value is -0.930. The molecule has 0 heterocycles. The lowest BCUT2D eigenvalue weighted by Crippen LogP contribution is -2.25. The van der Waals surface area contributed by atoms with Crippen LogP contribution in [0.15, 0.2) is 30.3 Å². The maximum absolute atomic E-state index is 11.6. The van der Waals surface area contributed by atoms with Gasteiger partial charge in [-0.05, 0) is 23.8 Å². The Bertz CT molecular complexity index is 434. The zero-order chi connectivity index (χ0) is 14.3. The van der Waals surface area contributed by atoms with Gasteiger partial charge in [-0.25, -0.2) is 0 Å². The minimum absolute atomic E-state index is 0.0653. The summed E-state index contributed by atoms with van der Waals surface area (Å²) >= 11 is 7.63. The fourth-order valence-corrected chi connectivity index (χ4v) is 2.28. The molecule has 0 atom stereocenters. The Morgan fingerprint density at radius 3 is 2.53 bits per heavy atom. The van der Waals surface area contributed by atoms with Crippen molar-refractivity contribution >= 4 is 35.3 Å². The van der Waals surface area contributed by atoms with E-state index in [0.717, 1.165) is 11.3 Å². The summed E-state index contributed by atoms with van der Waals surface area (Å²) in [7, 11) is 0. The molecule has 1 N–H and O–H groups in total. The van der Waals surface area contributed by atoms with Crippen LogP contribution in [0.5, 0.6) is 0 Å². The summed E-state index contributed by atoms with van der Waals surface area (Å²) in [6.45, 7) is 7.19. The molecule has 1 aromatic carbocycles. The zero-order valence-corrected chi connectivity index (χ0v) is 13.1. The van der Waals surface area contributed by atoms with Gasteiger partial charge in [-0.2, -0.15) is 11.8 Å². The Morgan fingerprint density at radius 1 is 1.32 bits per heavy atom. The van der Waals surface area contributed by atoms with Gasteiger partial charge in [0, 0.05) is 28.1 Å². The first kappa shape index (κ1) is 16.1. The SMILES string of the molecule is CC(C)(C)SCCNC(=O)/C=C/c1ccc(Cl)cc1. The van der Waals surface area contributed by atoms with Crippen molar-refractivity contribution in [1.82, 2.24) is 5.32 Å². The van der Waals surface area contributed by atoms with E-state index in [2.05, 4.69) is 26.1 Å². The number of rotatable bonds is 5. The Kier molecular flexibility index (Phi) is 6.46. The van der Waals surface area contributed by atoms with Gasteiger partial charge in [0.25, 0.3) is 0 Å². The molecule has 2 nitrogen and oxygen atoms in total. The second-order valence-electron chi connectivity index (χ2n) is 5.14. The van der Waals surface area contributed by atoms with Crippen molar-refractivity contribution in [2.45, 2.75) is 25.5 Å². The van der Waals surface area contributed by atoms with E-state index in [4.69, 9.17) is 11.6 Å². The van der Waals surface area contributed by atoms with Crippen LogP contribution in [0.2, 0.25) is 5.02 Å². The number of thioether (sulfide) groups is 1. The molecular weight excluding hydrogens is 278 g/mol. The summed E-state index contributed by atoms with van der Waals surface area (Å²) in [6.07, 6.45) is 3.33. The molecule has 4 heteroatoms. The fraction of sp³-hybridized carbons (Fsp3) is 0.400. The van der Waals surface area contributed by atoms with Gasteiger partial charge in [0.2, 0.25) is 5.91 Å². The van der Waals surface area contributed by atoms with Crippen LogP contribution in [0, 0.1) is 0 Å². The molecule has 104 valence electrons. The first-order chi connectivity index (χ1) is 8.87. The molecular formula is C15H20ClNOS. The van der Waals surface area contributed by atoms with E-state index in [9.17, 15) is 4.79 Å². The quantitative estimate of drug-likeness (QED) is 0.657. The lowest BCUT2D eigenvalue weighted by atomic mass is 10.2. The van der Waals surface area contributed by atoms with Crippen LogP contribution in [0.3, 0.4) is 0 Å². The van der Waals surface area contributed by atoms with Crippen molar-refractivity contribution < 1.29 is 4.79 Å². The average Bonchev–Trinajstić information content (AvgIpc) is 2.33. The van der Waals surface area contributed by atoms with Gasteiger partial charge in [-0.1, -0.05) is 44.5 Å². The molecule has 0 saturated heterocycles. The number of amides is 1. The van der Waals surface area contributed by atoms with Crippen molar-refractivity contribution in [2.24, 2.45) is 0 Å². The summed E-state index contributed by atoms with van der Waals surface area (Å²) in [5.74, 6) is 0.855. The number of nitrogens with one attached hydrogen (secondary N) is 1. The van der Waals surface area contributed by atoms with Gasteiger partial charge in [0.05, 0.1) is 0 Å². The summed E-state index contributed by atoms with van der Waals surface area (Å²) in [5.41, 5.74) is 0.962. The zero-order valence-electron chi connectivity index (χ0n) is 11.6. The van der Waals surface area contributed by atoms with E-state index in [-0.39, 0.29) is 10.7 Å². The molecule has 0 aliphatic carbocycles. The highest BCUT2D eigenvalue weighted by atomic mass is 35.5. The molecule has 1 amide bonds. The molecule has 0 bridgehead atoms. The van der Waals surface area contributed by atoms with Gasteiger partial charge in [0.15, 0.2) is 0 Å². The Balaban J connectivity index is 2.29. The van der Waals surface area contributed by atoms with Crippen LogP contribution in [0.4, 0.5) is 0 Å². The average molecular weight is 298 g/mol. The van der Waals surface area contributed by atoms with Crippen LogP contribution in [-0.4, -0.2) is 23.0 Å². The predicted octanol–water partition coefficient (Wildman–Crippen LogP) is 4.00. The van der Waals surface area contributed by atoms with E-state index >= 15 is 0 Å². The normalized spacial score (nSPS) is 11.8. The summed E-state index contributed by atoms with van der Waals surface area (Å²) in [4.78, 5) is 11.6. The highest BCUT2D eigenvalue weighted by molar-refractivity contribution is 8.00. The lowest BCUT2D eigenvalue weighted by Gasteiger charge is -2.17. The van der Waals surface area contributed by atoms with E-state index in [1.807, 2.05) is 23.9 Å². The fourth-order valence-electron chi connectivity index (χ4n) is 1.34. The van der Waals surface area contributed by atoms with Crippen LogP contribution in [-0.2, 0) is 4.79 Å². The van der Waals surface area contributed by atoms with E-state index in [0.29, 0.717) is 11.6 Å². The molecule has 0 aliphatic heterocycles. The lowest BCUT2D eigenvalue weighted by molar-refractivity contribution is -0.116. The first-order valence-corrected chi connectivity index (χ1v) is 7.59. The largest absolute Gasteiger partial charge is 0.352 e. The highest BCUT2D eigenvalue weighted by Crippen LogP contribution is 2.21.